The molecule has 2 aliphatic heterocycles. The highest BCUT2D eigenvalue weighted by Gasteiger charge is 2.36. The Bertz CT molecular complexity index is 861. The number of rotatable bonds is 6. The van der Waals surface area contributed by atoms with Crippen molar-refractivity contribution in [3.63, 3.8) is 0 Å². The fraction of sp³-hybridized carbons (Fsp3) is 0.526. The van der Waals surface area contributed by atoms with Gasteiger partial charge in [-0.2, -0.15) is 5.10 Å². The number of benzene rings is 1. The highest BCUT2D eigenvalue weighted by molar-refractivity contribution is 7.90. The Morgan fingerprint density at radius 2 is 1.75 bits per heavy atom. The van der Waals surface area contributed by atoms with Crippen LogP contribution in [0.1, 0.15) is 13.3 Å². The maximum atomic E-state index is 12.9. The monoisotopic (exact) mass is 406 g/mol. The van der Waals surface area contributed by atoms with Crippen LogP contribution in [-0.2, 0) is 19.4 Å². The lowest BCUT2D eigenvalue weighted by molar-refractivity contribution is -0.125. The molecule has 1 saturated heterocycles. The van der Waals surface area contributed by atoms with Crippen LogP contribution >= 0.6 is 0 Å². The molecule has 3 rings (SSSR count). The molecule has 152 valence electrons. The van der Waals surface area contributed by atoms with Gasteiger partial charge >= 0.3 is 0 Å². The van der Waals surface area contributed by atoms with Crippen LogP contribution in [0.2, 0.25) is 0 Å². The molecule has 0 spiro atoms. The summed E-state index contributed by atoms with van der Waals surface area (Å²) in [6.45, 7) is 4.32. The van der Waals surface area contributed by atoms with E-state index in [0.29, 0.717) is 44.9 Å². The predicted octanol–water partition coefficient (Wildman–Crippen LogP) is 0.399. The van der Waals surface area contributed by atoms with Crippen LogP contribution in [0.15, 0.2) is 35.4 Å². The molecule has 0 saturated carbocycles. The average Bonchev–Trinajstić information content (AvgIpc) is 3.12. The number of hydrazone groups is 1. The van der Waals surface area contributed by atoms with Crippen LogP contribution < -0.4 is 5.01 Å². The first-order chi connectivity index (χ1) is 13.2. The van der Waals surface area contributed by atoms with E-state index in [4.69, 9.17) is 0 Å². The van der Waals surface area contributed by atoms with E-state index < -0.39 is 15.9 Å². The molecule has 1 aromatic rings. The van der Waals surface area contributed by atoms with Gasteiger partial charge in [-0.25, -0.2) is 8.42 Å². The molecular formula is C19H26N4O4S. The summed E-state index contributed by atoms with van der Waals surface area (Å²) in [5.74, 6) is -0.0478. The van der Waals surface area contributed by atoms with E-state index in [-0.39, 0.29) is 17.4 Å². The summed E-state index contributed by atoms with van der Waals surface area (Å²) in [4.78, 5) is 28.8. The molecule has 1 atom stereocenters. The summed E-state index contributed by atoms with van der Waals surface area (Å²) < 4.78 is 22.6. The number of piperazine rings is 1. The van der Waals surface area contributed by atoms with Crippen molar-refractivity contribution >= 4 is 32.9 Å². The summed E-state index contributed by atoms with van der Waals surface area (Å²) in [7, 11) is -2.99. The Balaban J connectivity index is 1.64. The van der Waals surface area contributed by atoms with Gasteiger partial charge in [-0.1, -0.05) is 18.2 Å². The molecule has 28 heavy (non-hydrogen) atoms. The van der Waals surface area contributed by atoms with Crippen molar-refractivity contribution in [2.45, 2.75) is 19.4 Å². The molecule has 0 bridgehead atoms. The molecule has 0 aromatic heterocycles. The van der Waals surface area contributed by atoms with E-state index in [1.165, 1.54) is 13.2 Å². The van der Waals surface area contributed by atoms with E-state index in [0.717, 1.165) is 5.69 Å². The Kier molecular flexibility index (Phi) is 6.14. The van der Waals surface area contributed by atoms with E-state index >= 15 is 0 Å². The van der Waals surface area contributed by atoms with Crippen LogP contribution in [0.3, 0.4) is 0 Å². The Morgan fingerprint density at radius 3 is 2.32 bits per heavy atom. The quantitative estimate of drug-likeness (QED) is 0.679. The summed E-state index contributed by atoms with van der Waals surface area (Å²) >= 11 is 0. The van der Waals surface area contributed by atoms with Crippen molar-refractivity contribution in [2.75, 3.05) is 49.7 Å². The number of para-hydroxylation sites is 1. The Labute approximate surface area is 165 Å². The molecule has 0 aliphatic carbocycles. The number of nitrogens with zero attached hydrogens (tertiary/aromatic N) is 4. The molecule has 2 aliphatic rings. The van der Waals surface area contributed by atoms with Gasteiger partial charge in [0.2, 0.25) is 0 Å². The Morgan fingerprint density at radius 1 is 1.11 bits per heavy atom. The molecule has 1 aromatic carbocycles. The van der Waals surface area contributed by atoms with Gasteiger partial charge < -0.3 is 4.90 Å². The fourth-order valence-corrected chi connectivity index (χ4v) is 4.02. The number of ketones is 1. The zero-order valence-electron chi connectivity index (χ0n) is 16.2. The molecule has 9 heteroatoms. The summed E-state index contributed by atoms with van der Waals surface area (Å²) in [6, 6.07) is 8.91. The summed E-state index contributed by atoms with van der Waals surface area (Å²) in [6.07, 6.45) is 1.53. The van der Waals surface area contributed by atoms with Crippen molar-refractivity contribution in [1.29, 1.82) is 0 Å². The van der Waals surface area contributed by atoms with Gasteiger partial charge in [0.1, 0.15) is 21.6 Å². The molecule has 0 N–H and O–H groups in total. The number of carbonyl (C=O) groups excluding carboxylic acids is 2. The maximum Gasteiger partial charge on any atom is 0.270 e. The summed E-state index contributed by atoms with van der Waals surface area (Å²) in [5, 5.41) is 6.11. The summed E-state index contributed by atoms with van der Waals surface area (Å²) in [5.41, 5.74) is 1.18. The van der Waals surface area contributed by atoms with E-state index in [1.54, 1.807) is 9.91 Å². The molecule has 8 nitrogen and oxygen atoms in total. The third-order valence-corrected chi connectivity index (χ3v) is 6.01. The number of hydrogen-bond acceptors (Lipinski definition) is 7. The van der Waals surface area contributed by atoms with Gasteiger partial charge in [0, 0.05) is 45.4 Å². The van der Waals surface area contributed by atoms with Gasteiger partial charge in [0.25, 0.3) is 5.91 Å². The van der Waals surface area contributed by atoms with Crippen molar-refractivity contribution in [1.82, 2.24) is 9.80 Å². The van der Waals surface area contributed by atoms with Gasteiger partial charge in [-0.3, -0.25) is 19.5 Å². The topological polar surface area (TPSA) is 90.4 Å². The number of sulfone groups is 1. The normalized spacial score (nSPS) is 20.9. The van der Waals surface area contributed by atoms with Crippen molar-refractivity contribution in [3.8, 4) is 0 Å². The third kappa shape index (κ3) is 4.96. The Hall–Kier alpha value is -2.26. The van der Waals surface area contributed by atoms with E-state index in [2.05, 4.69) is 10.0 Å². The first-order valence-corrected chi connectivity index (χ1v) is 11.4. The van der Waals surface area contributed by atoms with Gasteiger partial charge in [-0.05, 0) is 19.1 Å². The van der Waals surface area contributed by atoms with Crippen LogP contribution in [0.5, 0.6) is 0 Å². The first kappa shape index (κ1) is 20.5. The van der Waals surface area contributed by atoms with E-state index in [9.17, 15) is 18.0 Å². The number of anilines is 1. The number of hydrogen-bond donors (Lipinski definition) is 0. The lowest BCUT2D eigenvalue weighted by Gasteiger charge is -2.34. The molecule has 1 fully saturated rings. The van der Waals surface area contributed by atoms with E-state index in [1.807, 2.05) is 30.3 Å². The SMILES string of the molecule is CC(=O)C1CC(C(=O)N2CCN(CCS(C)(=O)=O)CC2)=NN1c1ccccc1. The van der Waals surface area contributed by atoms with Crippen LogP contribution in [0.4, 0.5) is 5.69 Å². The second-order valence-corrected chi connectivity index (χ2v) is 9.58. The van der Waals surface area contributed by atoms with Crippen molar-refractivity contribution in [2.24, 2.45) is 5.10 Å². The lowest BCUT2D eigenvalue weighted by Crippen LogP contribution is -2.51. The van der Waals surface area contributed by atoms with Crippen LogP contribution in [0.25, 0.3) is 0 Å². The molecule has 2 heterocycles. The van der Waals surface area contributed by atoms with Crippen LogP contribution in [0, 0.1) is 0 Å². The minimum atomic E-state index is -2.99. The van der Waals surface area contributed by atoms with Crippen molar-refractivity contribution < 1.29 is 18.0 Å². The predicted molar refractivity (Wildman–Crippen MR) is 108 cm³/mol. The minimum absolute atomic E-state index is 0.0269. The molecular weight excluding hydrogens is 380 g/mol. The highest BCUT2D eigenvalue weighted by Crippen LogP contribution is 2.25. The fourth-order valence-electron chi connectivity index (χ4n) is 3.43. The first-order valence-electron chi connectivity index (χ1n) is 9.36. The van der Waals surface area contributed by atoms with Gasteiger partial charge in [-0.15, -0.1) is 0 Å². The van der Waals surface area contributed by atoms with Gasteiger partial charge in [0.15, 0.2) is 5.78 Å². The zero-order valence-corrected chi connectivity index (χ0v) is 17.1. The molecule has 1 amide bonds. The number of Topliss-reactive ketones (excluding diaryl/α,β-unsaturated/α-hetero) is 1. The van der Waals surface area contributed by atoms with Crippen molar-refractivity contribution in [3.05, 3.63) is 30.3 Å². The smallest absolute Gasteiger partial charge is 0.270 e. The van der Waals surface area contributed by atoms with Gasteiger partial charge in [0.05, 0.1) is 11.4 Å². The van der Waals surface area contributed by atoms with Crippen LogP contribution in [-0.4, -0.2) is 86.4 Å². The third-order valence-electron chi connectivity index (χ3n) is 5.09. The number of amides is 1. The maximum absolute atomic E-state index is 12.9. The zero-order chi connectivity index (χ0) is 20.3. The lowest BCUT2D eigenvalue weighted by atomic mass is 10.1. The molecule has 1 unspecified atom stereocenters. The average molecular weight is 407 g/mol. The standard InChI is InChI=1S/C19H26N4O4S/c1-15(24)18-14-17(20-23(18)16-6-4-3-5-7-16)19(25)22-10-8-21(9-11-22)12-13-28(2,26)27/h3-7,18H,8-14H2,1-2H3. The largest absolute Gasteiger partial charge is 0.335 e. The second-order valence-electron chi connectivity index (χ2n) is 7.32. The second kappa shape index (κ2) is 8.40. The molecule has 0 radical (unpaired) electrons. The highest BCUT2D eigenvalue weighted by atomic mass is 32.2. The minimum Gasteiger partial charge on any atom is -0.335 e. The number of carbonyl (C=O) groups is 2.